The number of hydrogen-bond acceptors (Lipinski definition) is 5. The first-order valence-electron chi connectivity index (χ1n) is 16.9. The summed E-state index contributed by atoms with van der Waals surface area (Å²) in [7, 11) is 4.40. The number of benzene rings is 5. The minimum atomic E-state index is -0.280. The second-order valence-corrected chi connectivity index (χ2v) is 14.4. The molecule has 0 N–H and O–H groups in total. The summed E-state index contributed by atoms with van der Waals surface area (Å²) in [6, 6.07) is 40.1. The van der Waals surface area contributed by atoms with E-state index in [1.165, 1.54) is 32.3 Å². The van der Waals surface area contributed by atoms with Crippen LogP contribution in [0.25, 0.3) is 0 Å². The average molecular weight is 675 g/mol. The molecule has 7 rings (SSSR count). The Kier molecular flexibility index (Phi) is 10.2. The molecular weight excluding hydrogens is 629 g/mol. The van der Waals surface area contributed by atoms with Crippen molar-refractivity contribution in [3.63, 3.8) is 0 Å². The molecule has 0 radical (unpaired) electrons. The van der Waals surface area contributed by atoms with E-state index < -0.39 is 0 Å². The largest absolute Gasteiger partial charge is 0.462 e. The van der Waals surface area contributed by atoms with E-state index in [-0.39, 0.29) is 5.97 Å². The summed E-state index contributed by atoms with van der Waals surface area (Å²) in [5, 5.41) is 0. The topological polar surface area (TPSA) is 44.8 Å². The molecular formula is C42H46N2O4S+2. The average Bonchev–Trinajstić information content (AvgIpc) is 3.11. The van der Waals surface area contributed by atoms with Crippen molar-refractivity contribution >= 4 is 29.1 Å². The van der Waals surface area contributed by atoms with Gasteiger partial charge in [-0.1, -0.05) is 66.4 Å². The normalized spacial score (nSPS) is 20.7. The monoisotopic (exact) mass is 674 g/mol. The van der Waals surface area contributed by atoms with Gasteiger partial charge in [0.05, 0.1) is 37.4 Å². The molecule has 0 aromatic heterocycles. The van der Waals surface area contributed by atoms with Crippen molar-refractivity contribution < 1.29 is 19.0 Å². The van der Waals surface area contributed by atoms with Crippen molar-refractivity contribution in [2.45, 2.75) is 50.1 Å². The van der Waals surface area contributed by atoms with Crippen molar-refractivity contribution in [1.82, 2.24) is 8.97 Å². The van der Waals surface area contributed by atoms with Crippen LogP contribution in [0.4, 0.5) is 11.4 Å². The van der Waals surface area contributed by atoms with Crippen molar-refractivity contribution in [2.24, 2.45) is 0 Å². The number of aryl methyl sites for hydroxylation is 2. The number of carbonyl (C=O) groups excluding carboxylic acids is 1. The molecule has 0 amide bonds. The van der Waals surface area contributed by atoms with Crippen LogP contribution in [0.1, 0.15) is 52.5 Å². The number of rotatable bonds is 6. The molecule has 0 saturated heterocycles. The lowest BCUT2D eigenvalue weighted by Gasteiger charge is -2.43. The van der Waals surface area contributed by atoms with Gasteiger partial charge in [-0.15, -0.1) is 0 Å². The smallest absolute Gasteiger partial charge is 0.338 e. The minimum Gasteiger partial charge on any atom is -0.462 e. The molecule has 0 spiro atoms. The molecule has 0 fully saturated rings. The number of fused-ring (bicyclic) bond motifs is 2. The van der Waals surface area contributed by atoms with E-state index >= 15 is 0 Å². The zero-order valence-corrected chi connectivity index (χ0v) is 30.1. The lowest BCUT2D eigenvalue weighted by molar-refractivity contribution is 0.0525. The van der Waals surface area contributed by atoms with Gasteiger partial charge in [-0.2, -0.15) is 0 Å². The van der Waals surface area contributed by atoms with E-state index in [4.69, 9.17) is 14.2 Å². The highest BCUT2D eigenvalue weighted by Gasteiger charge is 2.40. The number of hydrogen-bond donors (Lipinski definition) is 0. The summed E-state index contributed by atoms with van der Waals surface area (Å²) in [5.41, 5.74) is 7.60. The van der Waals surface area contributed by atoms with Gasteiger partial charge in [0.2, 0.25) is 13.5 Å². The summed E-state index contributed by atoms with van der Waals surface area (Å²) in [5.74, 6) is 1.67. The second-order valence-electron chi connectivity index (χ2n) is 13.3. The summed E-state index contributed by atoms with van der Waals surface area (Å²) in [4.78, 5) is 14.6. The van der Waals surface area contributed by atoms with E-state index in [0.717, 1.165) is 33.7 Å². The Balaban J connectivity index is 0.000000171. The van der Waals surface area contributed by atoms with E-state index in [1.807, 2.05) is 55.9 Å². The third-order valence-electron chi connectivity index (χ3n) is 9.64. The first-order chi connectivity index (χ1) is 23.6. The maximum Gasteiger partial charge on any atom is 0.338 e. The maximum absolute atomic E-state index is 12.0. The van der Waals surface area contributed by atoms with E-state index in [2.05, 4.69) is 113 Å². The Morgan fingerprint density at radius 3 is 2.00 bits per heavy atom. The number of esters is 1. The molecule has 0 aliphatic carbocycles. The Morgan fingerprint density at radius 1 is 0.755 bits per heavy atom. The number of ether oxygens (including phenoxy) is 3. The van der Waals surface area contributed by atoms with Crippen molar-refractivity contribution in [3.8, 4) is 11.5 Å². The molecule has 2 heterocycles. The van der Waals surface area contributed by atoms with Crippen LogP contribution in [0.3, 0.4) is 0 Å². The quantitative estimate of drug-likeness (QED) is 0.133. The Hall–Kier alpha value is -4.56. The number of carbonyl (C=O) groups is 1. The van der Waals surface area contributed by atoms with Crippen molar-refractivity contribution in [2.75, 3.05) is 34.2 Å². The maximum atomic E-state index is 12.0. The molecule has 7 heteroatoms. The molecule has 0 bridgehead atoms. The Bertz CT molecular complexity index is 1920. The van der Waals surface area contributed by atoms with Gasteiger partial charge in [0.25, 0.3) is 0 Å². The van der Waals surface area contributed by atoms with Crippen LogP contribution in [-0.2, 0) is 11.3 Å². The summed E-state index contributed by atoms with van der Waals surface area (Å²) in [6.45, 7) is 10.6. The first kappa shape index (κ1) is 34.3. The Labute approximate surface area is 295 Å². The first-order valence-corrected chi connectivity index (χ1v) is 17.7. The minimum absolute atomic E-state index is 0.280. The molecule has 3 unspecified atom stereocenters. The molecule has 49 heavy (non-hydrogen) atoms. The molecule has 0 saturated carbocycles. The SMILES string of the molecule is CCOC(=O)c1cc(C)c2c(c1)C[N+](C)(c1ccccc1)CO2.Cc1cc(Sc2ccccc2)cc2c1OC[N+](C)(c1ccccc1)C2C. The zero-order valence-electron chi connectivity index (χ0n) is 29.3. The highest BCUT2D eigenvalue weighted by atomic mass is 32.2. The summed E-state index contributed by atoms with van der Waals surface area (Å²) >= 11 is 1.81. The van der Waals surface area contributed by atoms with Gasteiger partial charge in [-0.05, 0) is 99.5 Å². The number of para-hydroxylation sites is 2. The van der Waals surface area contributed by atoms with Crippen LogP contribution >= 0.6 is 11.8 Å². The van der Waals surface area contributed by atoms with E-state index in [0.29, 0.717) is 36.2 Å². The van der Waals surface area contributed by atoms with Gasteiger partial charge < -0.3 is 14.2 Å². The van der Waals surface area contributed by atoms with Gasteiger partial charge in [0.15, 0.2) is 0 Å². The fourth-order valence-electron chi connectivity index (χ4n) is 6.73. The fraction of sp³-hybridized carbons (Fsp3) is 0.262. The highest BCUT2D eigenvalue weighted by Crippen LogP contribution is 2.45. The molecule has 5 aromatic rings. The third-order valence-corrected chi connectivity index (χ3v) is 10.6. The summed E-state index contributed by atoms with van der Waals surface area (Å²) in [6.07, 6.45) is 0. The van der Waals surface area contributed by atoms with Crippen LogP contribution in [0, 0.1) is 13.8 Å². The predicted molar refractivity (Wildman–Crippen MR) is 200 cm³/mol. The van der Waals surface area contributed by atoms with Crippen LogP contribution in [-0.4, -0.2) is 40.1 Å². The number of nitrogens with zero attached hydrogens (tertiary/aromatic N) is 2. The molecule has 2 aliphatic heterocycles. The lowest BCUT2D eigenvalue weighted by atomic mass is 9.99. The zero-order chi connectivity index (χ0) is 34.6. The van der Waals surface area contributed by atoms with Gasteiger partial charge in [-0.25, -0.2) is 4.79 Å². The van der Waals surface area contributed by atoms with Crippen LogP contribution in [0.5, 0.6) is 11.5 Å². The van der Waals surface area contributed by atoms with Gasteiger partial charge in [-0.3, -0.25) is 8.97 Å². The van der Waals surface area contributed by atoms with E-state index in [9.17, 15) is 4.79 Å². The van der Waals surface area contributed by atoms with E-state index in [1.54, 1.807) is 0 Å². The molecule has 5 aromatic carbocycles. The van der Waals surface area contributed by atoms with Crippen molar-refractivity contribution in [1.29, 1.82) is 0 Å². The van der Waals surface area contributed by atoms with Gasteiger partial charge in [0.1, 0.15) is 35.5 Å². The van der Waals surface area contributed by atoms with Crippen molar-refractivity contribution in [3.05, 3.63) is 143 Å². The fourth-order valence-corrected chi connectivity index (χ4v) is 7.71. The lowest BCUT2D eigenvalue weighted by Crippen LogP contribution is -2.52. The van der Waals surface area contributed by atoms with Gasteiger partial charge in [0, 0.05) is 9.79 Å². The van der Waals surface area contributed by atoms with Crippen LogP contribution in [0.2, 0.25) is 0 Å². The molecule has 2 aliphatic rings. The van der Waals surface area contributed by atoms with Gasteiger partial charge >= 0.3 is 5.97 Å². The molecule has 6 nitrogen and oxygen atoms in total. The van der Waals surface area contributed by atoms with Crippen LogP contribution < -0.4 is 18.4 Å². The number of quaternary nitrogens is 2. The Morgan fingerprint density at radius 2 is 1.35 bits per heavy atom. The third kappa shape index (κ3) is 7.25. The molecule has 3 atom stereocenters. The summed E-state index contributed by atoms with van der Waals surface area (Å²) < 4.78 is 18.8. The second kappa shape index (κ2) is 14.5. The molecule has 252 valence electrons. The standard InChI is InChI=1S/C23H24NOS.C19H22NO3/c1-17-14-21(26-20-12-8-5-9-13-20)15-22-18(2)24(3,16-25-23(17)22)19-10-6-4-7-11-19;1-4-22-19(21)15-10-14(2)18-16(11-15)12-20(3,13-23-18)17-8-6-5-7-9-17/h4-15,18H,16H2,1-3H3;5-11H,4,12-13H2,1-3H3/q2*+1. The van der Waals surface area contributed by atoms with Crippen LogP contribution in [0.15, 0.2) is 125 Å². The highest BCUT2D eigenvalue weighted by molar-refractivity contribution is 7.99. The predicted octanol–water partition coefficient (Wildman–Crippen LogP) is 9.85.